The Morgan fingerprint density at radius 1 is 1.27 bits per heavy atom. The van der Waals surface area contributed by atoms with Crippen LogP contribution in [-0.4, -0.2) is 25.7 Å². The lowest BCUT2D eigenvalue weighted by Gasteiger charge is -2.10. The van der Waals surface area contributed by atoms with Crippen molar-refractivity contribution in [1.82, 2.24) is 19.7 Å². The van der Waals surface area contributed by atoms with Crippen molar-refractivity contribution in [3.05, 3.63) is 80.4 Å². The van der Waals surface area contributed by atoms with Crippen molar-refractivity contribution in [3.8, 4) is 17.4 Å². The summed E-state index contributed by atoms with van der Waals surface area (Å²) in [4.78, 5) is 32.5. The van der Waals surface area contributed by atoms with Crippen LogP contribution < -0.4 is 10.9 Å². The monoisotopic (exact) mass is 467 g/mol. The zero-order chi connectivity index (χ0) is 21.3. The van der Waals surface area contributed by atoms with Crippen LogP contribution in [-0.2, 0) is 6.42 Å². The maximum absolute atomic E-state index is 12.8. The predicted octanol–water partition coefficient (Wildman–Crippen LogP) is 4.10. The minimum Gasteiger partial charge on any atom is -0.463 e. The van der Waals surface area contributed by atoms with E-state index < -0.39 is 0 Å². The number of halogens is 1. The van der Waals surface area contributed by atoms with E-state index in [-0.39, 0.29) is 17.4 Å². The number of nitrogens with zero attached hydrogens (tertiary/aromatic N) is 3. The maximum atomic E-state index is 12.8. The second-order valence-corrected chi connectivity index (χ2v) is 7.49. The molecule has 1 amide bonds. The summed E-state index contributed by atoms with van der Waals surface area (Å²) in [5.41, 5.74) is 1.94. The number of nitrogens with one attached hydrogen (secondary N) is 2. The molecule has 0 unspecified atom stereocenters. The number of carbonyl (C=O) groups excluding carboxylic acids is 1. The van der Waals surface area contributed by atoms with E-state index in [0.717, 1.165) is 4.47 Å². The van der Waals surface area contributed by atoms with Crippen LogP contribution in [0.4, 0.5) is 5.82 Å². The Balaban J connectivity index is 1.80. The molecule has 4 rings (SSSR count). The third-order valence-corrected chi connectivity index (χ3v) is 5.07. The lowest BCUT2D eigenvalue weighted by atomic mass is 10.2. The van der Waals surface area contributed by atoms with Gasteiger partial charge in [0.2, 0.25) is 5.95 Å². The number of amides is 1. The Morgan fingerprint density at radius 2 is 2.10 bits per heavy atom. The van der Waals surface area contributed by atoms with E-state index in [1.807, 2.05) is 13.0 Å². The summed E-state index contributed by atoms with van der Waals surface area (Å²) in [6.45, 7) is 3.67. The smallest absolute Gasteiger partial charge is 0.256 e. The molecule has 4 aromatic rings. The number of carbonyl (C=O) groups is 1. The van der Waals surface area contributed by atoms with Gasteiger partial charge in [-0.15, -0.1) is 0 Å². The Morgan fingerprint density at radius 3 is 2.77 bits per heavy atom. The number of furan rings is 1. The topological polar surface area (TPSA) is 106 Å². The molecule has 3 aromatic heterocycles. The summed E-state index contributed by atoms with van der Waals surface area (Å²) in [6.07, 6.45) is 2.10. The van der Waals surface area contributed by atoms with Crippen molar-refractivity contribution in [2.24, 2.45) is 0 Å². The second kappa shape index (κ2) is 8.11. The molecule has 0 bridgehead atoms. The van der Waals surface area contributed by atoms with Gasteiger partial charge in [0.15, 0.2) is 5.76 Å². The van der Waals surface area contributed by atoms with Gasteiger partial charge in [-0.3, -0.25) is 14.6 Å². The maximum Gasteiger partial charge on any atom is 0.256 e. The van der Waals surface area contributed by atoms with Crippen LogP contribution in [0.3, 0.4) is 0 Å². The third-order valence-electron chi connectivity index (χ3n) is 4.58. The number of anilines is 1. The van der Waals surface area contributed by atoms with Gasteiger partial charge in [-0.05, 0) is 43.7 Å². The standard InChI is InChI=1S/C21H18BrN5O3/c1-3-15-12(2)23-21(25-20(15)29)27-18(11-16(26-27)17-8-5-9-30-17)24-19(28)13-6-4-7-14(22)10-13/h4-11H,3H2,1-2H3,(H,24,28)(H,23,25,29). The van der Waals surface area contributed by atoms with Gasteiger partial charge in [-0.25, -0.2) is 4.98 Å². The van der Waals surface area contributed by atoms with Crippen LogP contribution >= 0.6 is 15.9 Å². The normalized spacial score (nSPS) is 10.9. The number of aryl methyl sites for hydroxylation is 1. The molecule has 0 radical (unpaired) electrons. The van der Waals surface area contributed by atoms with E-state index in [0.29, 0.717) is 40.5 Å². The number of benzene rings is 1. The lowest BCUT2D eigenvalue weighted by molar-refractivity contribution is 0.102. The molecule has 0 saturated carbocycles. The number of rotatable bonds is 5. The van der Waals surface area contributed by atoms with Crippen molar-refractivity contribution in [2.75, 3.05) is 5.32 Å². The molecule has 8 nitrogen and oxygen atoms in total. The van der Waals surface area contributed by atoms with Gasteiger partial charge in [0.1, 0.15) is 11.5 Å². The first-order valence-electron chi connectivity index (χ1n) is 9.27. The average molecular weight is 468 g/mol. The summed E-state index contributed by atoms with van der Waals surface area (Å²) in [5, 5.41) is 7.33. The average Bonchev–Trinajstić information content (AvgIpc) is 3.37. The van der Waals surface area contributed by atoms with E-state index in [1.165, 1.54) is 10.9 Å². The highest BCUT2D eigenvalue weighted by Crippen LogP contribution is 2.25. The molecule has 3 heterocycles. The number of hydrogen-bond acceptors (Lipinski definition) is 5. The number of hydrogen-bond donors (Lipinski definition) is 2. The van der Waals surface area contributed by atoms with Crippen LogP contribution in [0, 0.1) is 6.92 Å². The molecule has 0 aliphatic heterocycles. The number of H-pyrrole nitrogens is 1. The molecule has 152 valence electrons. The van der Waals surface area contributed by atoms with Gasteiger partial charge in [0, 0.05) is 27.4 Å². The highest BCUT2D eigenvalue weighted by atomic mass is 79.9. The highest BCUT2D eigenvalue weighted by Gasteiger charge is 2.18. The van der Waals surface area contributed by atoms with E-state index in [1.54, 1.807) is 43.3 Å². The fraction of sp³-hybridized carbons (Fsp3) is 0.143. The van der Waals surface area contributed by atoms with Gasteiger partial charge in [0.25, 0.3) is 11.5 Å². The first kappa shape index (κ1) is 19.8. The van der Waals surface area contributed by atoms with Crippen molar-refractivity contribution >= 4 is 27.7 Å². The quantitative estimate of drug-likeness (QED) is 0.459. The van der Waals surface area contributed by atoms with Crippen molar-refractivity contribution in [2.45, 2.75) is 20.3 Å². The van der Waals surface area contributed by atoms with Gasteiger partial charge < -0.3 is 9.73 Å². The fourth-order valence-electron chi connectivity index (χ4n) is 3.11. The van der Waals surface area contributed by atoms with Crippen LogP contribution in [0.5, 0.6) is 0 Å². The summed E-state index contributed by atoms with van der Waals surface area (Å²) >= 11 is 3.37. The predicted molar refractivity (Wildman–Crippen MR) is 116 cm³/mol. The molecular weight excluding hydrogens is 450 g/mol. The third kappa shape index (κ3) is 3.84. The Kier molecular flexibility index (Phi) is 5.37. The Bertz CT molecular complexity index is 1270. The molecule has 0 spiro atoms. The molecule has 0 atom stereocenters. The molecule has 0 fully saturated rings. The van der Waals surface area contributed by atoms with Crippen molar-refractivity contribution in [3.63, 3.8) is 0 Å². The first-order chi connectivity index (χ1) is 14.5. The van der Waals surface area contributed by atoms with Gasteiger partial charge in [-0.1, -0.05) is 28.9 Å². The van der Waals surface area contributed by atoms with Crippen molar-refractivity contribution < 1.29 is 9.21 Å². The van der Waals surface area contributed by atoms with Crippen LogP contribution in [0.1, 0.15) is 28.5 Å². The first-order valence-corrected chi connectivity index (χ1v) is 10.1. The van der Waals surface area contributed by atoms with E-state index >= 15 is 0 Å². The minimum atomic E-state index is -0.326. The molecular formula is C21H18BrN5O3. The summed E-state index contributed by atoms with van der Waals surface area (Å²) in [5.74, 6) is 0.749. The lowest BCUT2D eigenvalue weighted by Crippen LogP contribution is -2.22. The summed E-state index contributed by atoms with van der Waals surface area (Å²) < 4.78 is 7.61. The van der Waals surface area contributed by atoms with Crippen LogP contribution in [0.15, 0.2) is 62.4 Å². The van der Waals surface area contributed by atoms with Crippen LogP contribution in [0.2, 0.25) is 0 Å². The highest BCUT2D eigenvalue weighted by molar-refractivity contribution is 9.10. The zero-order valence-corrected chi connectivity index (χ0v) is 17.9. The molecule has 2 N–H and O–H groups in total. The Labute approximate surface area is 180 Å². The van der Waals surface area contributed by atoms with E-state index in [2.05, 4.69) is 36.3 Å². The molecule has 9 heteroatoms. The number of aromatic nitrogens is 4. The van der Waals surface area contributed by atoms with Crippen LogP contribution in [0.25, 0.3) is 17.4 Å². The SMILES string of the molecule is CCc1c(C)nc(-n2nc(-c3ccco3)cc2NC(=O)c2cccc(Br)c2)[nH]c1=O. The van der Waals surface area contributed by atoms with Gasteiger partial charge in [0.05, 0.1) is 6.26 Å². The largest absolute Gasteiger partial charge is 0.463 e. The minimum absolute atomic E-state index is 0.206. The van der Waals surface area contributed by atoms with Crippen molar-refractivity contribution in [1.29, 1.82) is 0 Å². The molecule has 0 saturated heterocycles. The van der Waals surface area contributed by atoms with Gasteiger partial charge >= 0.3 is 0 Å². The molecule has 0 aliphatic carbocycles. The van der Waals surface area contributed by atoms with E-state index in [9.17, 15) is 9.59 Å². The molecule has 1 aromatic carbocycles. The molecule has 30 heavy (non-hydrogen) atoms. The number of aromatic amines is 1. The van der Waals surface area contributed by atoms with Gasteiger partial charge in [-0.2, -0.15) is 9.78 Å². The zero-order valence-electron chi connectivity index (χ0n) is 16.3. The summed E-state index contributed by atoms with van der Waals surface area (Å²) in [6, 6.07) is 12.2. The summed E-state index contributed by atoms with van der Waals surface area (Å²) in [7, 11) is 0. The van der Waals surface area contributed by atoms with E-state index in [4.69, 9.17) is 4.42 Å². The molecule has 0 aliphatic rings. The fourth-order valence-corrected chi connectivity index (χ4v) is 3.51. The Hall–Kier alpha value is -3.46. The second-order valence-electron chi connectivity index (χ2n) is 6.58.